The maximum Gasteiger partial charge on any atom is 0.0641 e. The van der Waals surface area contributed by atoms with Crippen LogP contribution in [-0.2, 0) is 11.2 Å². The normalized spacial score (nSPS) is 15.0. The van der Waals surface area contributed by atoms with Crippen LogP contribution in [0.1, 0.15) is 32.0 Å². The molecule has 1 rings (SSSR count). The molecule has 2 atom stereocenters. The van der Waals surface area contributed by atoms with E-state index < -0.39 is 0 Å². The molecule has 4 heteroatoms. The maximum atomic E-state index is 5.15. The van der Waals surface area contributed by atoms with Gasteiger partial charge in [-0.1, -0.05) is 6.92 Å². The Kier molecular flexibility index (Phi) is 5.49. The molecule has 4 nitrogen and oxygen atoms in total. The molecule has 16 heavy (non-hydrogen) atoms. The van der Waals surface area contributed by atoms with E-state index in [0.29, 0.717) is 18.7 Å². The van der Waals surface area contributed by atoms with Crippen LogP contribution < -0.4 is 5.32 Å². The van der Waals surface area contributed by atoms with Gasteiger partial charge in [-0.15, -0.1) is 0 Å². The SMILES string of the molecule is CCC(C)n1ccc(CC(COC)NC)n1. The minimum Gasteiger partial charge on any atom is -0.383 e. The molecule has 1 aromatic rings. The molecule has 0 aromatic carbocycles. The number of rotatable bonds is 7. The zero-order valence-electron chi connectivity index (χ0n) is 10.7. The molecule has 0 fully saturated rings. The van der Waals surface area contributed by atoms with E-state index >= 15 is 0 Å². The number of aromatic nitrogens is 2. The van der Waals surface area contributed by atoms with Crippen molar-refractivity contribution in [2.24, 2.45) is 0 Å². The highest BCUT2D eigenvalue weighted by molar-refractivity contribution is 5.02. The number of hydrogen-bond donors (Lipinski definition) is 1. The zero-order chi connectivity index (χ0) is 12.0. The second-order valence-electron chi connectivity index (χ2n) is 4.19. The monoisotopic (exact) mass is 225 g/mol. The van der Waals surface area contributed by atoms with Gasteiger partial charge in [-0.3, -0.25) is 4.68 Å². The predicted octanol–water partition coefficient (Wildman–Crippen LogP) is 1.63. The number of methoxy groups -OCH3 is 1. The molecule has 0 amide bonds. The Balaban J connectivity index is 2.56. The molecule has 0 aliphatic heterocycles. The Morgan fingerprint density at radius 1 is 1.56 bits per heavy atom. The van der Waals surface area contributed by atoms with Crippen molar-refractivity contribution in [2.45, 2.75) is 38.8 Å². The Bertz CT molecular complexity index is 298. The highest BCUT2D eigenvalue weighted by atomic mass is 16.5. The lowest BCUT2D eigenvalue weighted by Crippen LogP contribution is -2.32. The molecule has 0 spiro atoms. The summed E-state index contributed by atoms with van der Waals surface area (Å²) in [6, 6.07) is 2.90. The van der Waals surface area contributed by atoms with Gasteiger partial charge in [0.2, 0.25) is 0 Å². The van der Waals surface area contributed by atoms with Crippen LogP contribution in [0.4, 0.5) is 0 Å². The smallest absolute Gasteiger partial charge is 0.0641 e. The van der Waals surface area contributed by atoms with Crippen LogP contribution in [0.2, 0.25) is 0 Å². The van der Waals surface area contributed by atoms with Crippen LogP contribution in [-0.4, -0.2) is 36.6 Å². The largest absolute Gasteiger partial charge is 0.383 e. The first kappa shape index (κ1) is 13.2. The summed E-state index contributed by atoms with van der Waals surface area (Å²) < 4.78 is 7.18. The average Bonchev–Trinajstić information content (AvgIpc) is 2.76. The van der Waals surface area contributed by atoms with Crippen molar-refractivity contribution in [3.8, 4) is 0 Å². The molecule has 0 saturated heterocycles. The summed E-state index contributed by atoms with van der Waals surface area (Å²) in [5.74, 6) is 0. The van der Waals surface area contributed by atoms with Gasteiger partial charge >= 0.3 is 0 Å². The molecule has 0 bridgehead atoms. The van der Waals surface area contributed by atoms with E-state index in [1.807, 2.05) is 11.7 Å². The van der Waals surface area contributed by atoms with E-state index in [9.17, 15) is 0 Å². The third-order valence-corrected chi connectivity index (χ3v) is 2.94. The van der Waals surface area contributed by atoms with Crippen LogP contribution in [0, 0.1) is 0 Å². The zero-order valence-corrected chi connectivity index (χ0v) is 10.7. The number of ether oxygens (including phenoxy) is 1. The van der Waals surface area contributed by atoms with Gasteiger partial charge in [0.1, 0.15) is 0 Å². The molecular formula is C12H23N3O. The van der Waals surface area contributed by atoms with Gasteiger partial charge in [0.25, 0.3) is 0 Å². The summed E-state index contributed by atoms with van der Waals surface area (Å²) in [6.45, 7) is 5.07. The lowest BCUT2D eigenvalue weighted by atomic mass is 10.2. The fourth-order valence-corrected chi connectivity index (χ4v) is 1.62. The molecule has 2 unspecified atom stereocenters. The first-order valence-corrected chi connectivity index (χ1v) is 5.91. The summed E-state index contributed by atoms with van der Waals surface area (Å²) in [4.78, 5) is 0. The van der Waals surface area contributed by atoms with Gasteiger partial charge in [0.15, 0.2) is 0 Å². The molecule has 0 radical (unpaired) electrons. The third kappa shape index (κ3) is 3.61. The molecule has 0 saturated carbocycles. The molecule has 92 valence electrons. The van der Waals surface area contributed by atoms with E-state index in [2.05, 4.69) is 36.5 Å². The highest BCUT2D eigenvalue weighted by Crippen LogP contribution is 2.10. The van der Waals surface area contributed by atoms with E-state index in [-0.39, 0.29) is 0 Å². The Morgan fingerprint density at radius 2 is 2.31 bits per heavy atom. The first-order valence-electron chi connectivity index (χ1n) is 5.91. The van der Waals surface area contributed by atoms with Gasteiger partial charge in [-0.25, -0.2) is 0 Å². The minimum atomic E-state index is 0.338. The molecule has 0 aliphatic carbocycles. The molecule has 0 aliphatic rings. The molecule has 1 heterocycles. The maximum absolute atomic E-state index is 5.15. The van der Waals surface area contributed by atoms with Crippen LogP contribution in [0.25, 0.3) is 0 Å². The van der Waals surface area contributed by atoms with Crippen LogP contribution in [0.3, 0.4) is 0 Å². The Labute approximate surface area is 98.0 Å². The van der Waals surface area contributed by atoms with Crippen molar-refractivity contribution >= 4 is 0 Å². The van der Waals surface area contributed by atoms with Crippen molar-refractivity contribution in [3.05, 3.63) is 18.0 Å². The van der Waals surface area contributed by atoms with Crippen molar-refractivity contribution in [1.29, 1.82) is 0 Å². The average molecular weight is 225 g/mol. The minimum absolute atomic E-state index is 0.338. The van der Waals surface area contributed by atoms with Crippen LogP contribution >= 0.6 is 0 Å². The summed E-state index contributed by atoms with van der Waals surface area (Å²) in [5, 5.41) is 7.80. The second-order valence-corrected chi connectivity index (χ2v) is 4.19. The summed E-state index contributed by atoms with van der Waals surface area (Å²) in [5.41, 5.74) is 1.12. The van der Waals surface area contributed by atoms with Gasteiger partial charge in [-0.2, -0.15) is 5.10 Å². The van der Waals surface area contributed by atoms with E-state index in [1.165, 1.54) is 0 Å². The Morgan fingerprint density at radius 3 is 2.88 bits per heavy atom. The number of hydrogen-bond acceptors (Lipinski definition) is 3. The van der Waals surface area contributed by atoms with E-state index in [1.54, 1.807) is 7.11 Å². The van der Waals surface area contributed by atoms with Crippen molar-refractivity contribution in [2.75, 3.05) is 20.8 Å². The molecule has 1 N–H and O–H groups in total. The number of nitrogens with one attached hydrogen (secondary N) is 1. The number of likely N-dealkylation sites (N-methyl/N-ethyl adjacent to an activating group) is 1. The lowest BCUT2D eigenvalue weighted by Gasteiger charge is -2.13. The van der Waals surface area contributed by atoms with Crippen molar-refractivity contribution < 1.29 is 4.74 Å². The summed E-state index contributed by atoms with van der Waals surface area (Å²) in [6.07, 6.45) is 4.07. The first-order chi connectivity index (χ1) is 7.71. The van der Waals surface area contributed by atoms with Crippen LogP contribution in [0.5, 0.6) is 0 Å². The summed E-state index contributed by atoms with van der Waals surface area (Å²) in [7, 11) is 3.68. The highest BCUT2D eigenvalue weighted by Gasteiger charge is 2.10. The van der Waals surface area contributed by atoms with Crippen LogP contribution in [0.15, 0.2) is 12.3 Å². The quantitative estimate of drug-likeness (QED) is 0.766. The van der Waals surface area contributed by atoms with Gasteiger partial charge in [-0.05, 0) is 26.5 Å². The van der Waals surface area contributed by atoms with Crippen molar-refractivity contribution in [3.63, 3.8) is 0 Å². The fourth-order valence-electron chi connectivity index (χ4n) is 1.62. The van der Waals surface area contributed by atoms with E-state index in [0.717, 1.165) is 18.5 Å². The van der Waals surface area contributed by atoms with Crippen molar-refractivity contribution in [1.82, 2.24) is 15.1 Å². The van der Waals surface area contributed by atoms with E-state index in [4.69, 9.17) is 4.74 Å². The molecular weight excluding hydrogens is 202 g/mol. The molecule has 1 aromatic heterocycles. The topological polar surface area (TPSA) is 39.1 Å². The lowest BCUT2D eigenvalue weighted by molar-refractivity contribution is 0.169. The predicted molar refractivity (Wildman–Crippen MR) is 65.7 cm³/mol. The third-order valence-electron chi connectivity index (χ3n) is 2.94. The summed E-state index contributed by atoms with van der Waals surface area (Å²) >= 11 is 0. The second kappa shape index (κ2) is 6.66. The number of nitrogens with zero attached hydrogens (tertiary/aromatic N) is 2. The fraction of sp³-hybridized carbons (Fsp3) is 0.750. The van der Waals surface area contributed by atoms with Gasteiger partial charge in [0, 0.05) is 31.8 Å². The van der Waals surface area contributed by atoms with Gasteiger partial charge in [0.05, 0.1) is 12.3 Å². The Hall–Kier alpha value is -0.870. The van der Waals surface area contributed by atoms with Gasteiger partial charge < -0.3 is 10.1 Å². The standard InChI is InChI=1S/C12H23N3O/c1-5-10(2)15-7-6-11(14-15)8-12(13-3)9-16-4/h6-7,10,12-13H,5,8-9H2,1-4H3.